The van der Waals surface area contributed by atoms with Crippen molar-refractivity contribution in [3.63, 3.8) is 0 Å². The van der Waals surface area contributed by atoms with Crippen molar-refractivity contribution in [1.82, 2.24) is 20.9 Å². The summed E-state index contributed by atoms with van der Waals surface area (Å²) >= 11 is 1.41. The van der Waals surface area contributed by atoms with Gasteiger partial charge in [-0.1, -0.05) is 33.6 Å². The normalized spacial score (nSPS) is 18.3. The van der Waals surface area contributed by atoms with Gasteiger partial charge in [0.05, 0.1) is 12.0 Å². The Labute approximate surface area is 227 Å². The number of thioether (sulfide) groups is 1. The molecular formula is C24H42N6O7S. The zero-order chi connectivity index (χ0) is 29.0. The van der Waals surface area contributed by atoms with E-state index in [1.54, 1.807) is 13.8 Å². The highest BCUT2D eigenvalue weighted by atomic mass is 32.2. The predicted octanol–water partition coefficient (Wildman–Crippen LogP) is -1.29. The summed E-state index contributed by atoms with van der Waals surface area (Å²) in [6.07, 6.45) is 1.11. The first-order chi connectivity index (χ1) is 17.8. The van der Waals surface area contributed by atoms with Crippen molar-refractivity contribution in [2.24, 2.45) is 17.4 Å². The van der Waals surface area contributed by atoms with Gasteiger partial charge in [-0.05, 0) is 25.7 Å². The zero-order valence-electron chi connectivity index (χ0n) is 22.5. The fraction of sp³-hybridized carbons (Fsp3) is 0.750. The lowest BCUT2D eigenvalue weighted by atomic mass is 10.0. The van der Waals surface area contributed by atoms with Gasteiger partial charge in [-0.15, -0.1) is 11.8 Å². The van der Waals surface area contributed by atoms with E-state index in [0.717, 1.165) is 12.8 Å². The summed E-state index contributed by atoms with van der Waals surface area (Å²) in [5.74, 6) is -3.54. The summed E-state index contributed by atoms with van der Waals surface area (Å²) in [5.41, 5.74) is 10.6. The Bertz CT molecular complexity index is 869. The number of nitrogens with two attached hydrogens (primary N) is 2. The number of nitrogens with zero attached hydrogens (tertiary/aromatic N) is 1. The van der Waals surface area contributed by atoms with Crippen LogP contribution in [-0.2, 0) is 28.8 Å². The molecule has 1 heterocycles. The molecule has 5 unspecified atom stereocenters. The van der Waals surface area contributed by atoms with Crippen molar-refractivity contribution in [3.8, 4) is 0 Å². The molecule has 0 aromatic heterocycles. The first kappa shape index (κ1) is 33.2. The maximum Gasteiger partial charge on any atom is 0.245 e. The van der Waals surface area contributed by atoms with Gasteiger partial charge in [-0.25, -0.2) is 0 Å². The average molecular weight is 559 g/mol. The number of hydrogen-bond acceptors (Lipinski definition) is 8. The lowest BCUT2D eigenvalue weighted by molar-refractivity contribution is -0.140. The molecule has 8 N–H and O–H groups in total. The highest BCUT2D eigenvalue weighted by Gasteiger charge is 2.37. The van der Waals surface area contributed by atoms with Gasteiger partial charge in [0, 0.05) is 18.6 Å². The minimum Gasteiger partial charge on any atom is -0.391 e. The molecule has 0 aromatic carbocycles. The SMILES string of the molecule is CCCCCC(=O)N1CSCC1C(=O)NC(CCC(N)=O)C(=O)NC(C(=O)NC(C(N)=O)C(C)C)C(C)O. The molecule has 216 valence electrons. The molecule has 1 saturated heterocycles. The van der Waals surface area contributed by atoms with Crippen molar-refractivity contribution < 1.29 is 33.9 Å². The molecule has 5 atom stereocenters. The van der Waals surface area contributed by atoms with Crippen LogP contribution >= 0.6 is 11.8 Å². The van der Waals surface area contributed by atoms with Gasteiger partial charge in [0.25, 0.3) is 0 Å². The average Bonchev–Trinajstić information content (AvgIpc) is 3.32. The number of unbranched alkanes of at least 4 members (excludes halogenated alkanes) is 2. The predicted molar refractivity (Wildman–Crippen MR) is 142 cm³/mol. The van der Waals surface area contributed by atoms with Crippen LogP contribution in [0.2, 0.25) is 0 Å². The number of carbonyl (C=O) groups is 6. The first-order valence-electron chi connectivity index (χ1n) is 12.8. The minimum atomic E-state index is -1.48. The Morgan fingerprint density at radius 2 is 1.58 bits per heavy atom. The highest BCUT2D eigenvalue weighted by Crippen LogP contribution is 2.23. The maximum atomic E-state index is 13.1. The van der Waals surface area contributed by atoms with E-state index in [2.05, 4.69) is 16.0 Å². The summed E-state index contributed by atoms with van der Waals surface area (Å²) in [5, 5.41) is 17.5. The number of carbonyl (C=O) groups excluding carboxylic acids is 6. The molecule has 0 aromatic rings. The van der Waals surface area contributed by atoms with E-state index in [9.17, 15) is 33.9 Å². The number of aliphatic hydroxyl groups is 1. The highest BCUT2D eigenvalue weighted by molar-refractivity contribution is 7.99. The molecule has 38 heavy (non-hydrogen) atoms. The van der Waals surface area contributed by atoms with Gasteiger partial charge in [0.15, 0.2) is 0 Å². The lowest BCUT2D eigenvalue weighted by Gasteiger charge is -2.28. The second-order valence-corrected chi connectivity index (χ2v) is 10.8. The van der Waals surface area contributed by atoms with E-state index in [-0.39, 0.29) is 24.7 Å². The number of hydrogen-bond donors (Lipinski definition) is 6. The summed E-state index contributed by atoms with van der Waals surface area (Å²) in [7, 11) is 0. The Morgan fingerprint density at radius 1 is 0.947 bits per heavy atom. The van der Waals surface area contributed by atoms with Crippen molar-refractivity contribution >= 4 is 47.2 Å². The van der Waals surface area contributed by atoms with Gasteiger partial charge in [-0.2, -0.15) is 0 Å². The van der Waals surface area contributed by atoms with Gasteiger partial charge in [0.1, 0.15) is 24.2 Å². The molecule has 14 heteroatoms. The smallest absolute Gasteiger partial charge is 0.245 e. The van der Waals surface area contributed by atoms with E-state index < -0.39 is 59.8 Å². The monoisotopic (exact) mass is 558 g/mol. The minimum absolute atomic E-state index is 0.151. The summed E-state index contributed by atoms with van der Waals surface area (Å²) in [6.45, 7) is 6.63. The Kier molecular flexibility index (Phi) is 14.1. The molecule has 0 saturated carbocycles. The van der Waals surface area contributed by atoms with Crippen molar-refractivity contribution in [1.29, 1.82) is 0 Å². The van der Waals surface area contributed by atoms with Crippen LogP contribution in [0.15, 0.2) is 0 Å². The largest absolute Gasteiger partial charge is 0.391 e. The Balaban J connectivity index is 3.00. The third-order valence-electron chi connectivity index (χ3n) is 6.15. The maximum absolute atomic E-state index is 13.1. The van der Waals surface area contributed by atoms with Crippen LogP contribution in [0.5, 0.6) is 0 Å². The Hall–Kier alpha value is -2.87. The zero-order valence-corrected chi connectivity index (χ0v) is 23.3. The molecule has 1 fully saturated rings. The van der Waals surface area contributed by atoms with Crippen molar-refractivity contribution in [3.05, 3.63) is 0 Å². The number of aliphatic hydroxyl groups excluding tert-OH is 1. The molecule has 0 bridgehead atoms. The molecule has 1 aliphatic heterocycles. The Morgan fingerprint density at radius 3 is 2.11 bits per heavy atom. The molecule has 0 spiro atoms. The molecule has 1 rings (SSSR count). The van der Waals surface area contributed by atoms with Crippen LogP contribution in [0, 0.1) is 5.92 Å². The fourth-order valence-corrected chi connectivity index (χ4v) is 5.05. The van der Waals surface area contributed by atoms with E-state index >= 15 is 0 Å². The van der Waals surface area contributed by atoms with Crippen molar-refractivity contribution in [2.45, 2.75) is 96.5 Å². The van der Waals surface area contributed by atoms with Gasteiger partial charge in [-0.3, -0.25) is 28.8 Å². The molecule has 6 amide bonds. The quantitative estimate of drug-likeness (QED) is 0.125. The van der Waals surface area contributed by atoms with E-state index in [1.807, 2.05) is 6.92 Å². The standard InChI is InChI=1S/C24H42N6O7S/c1-5-6-7-8-18(33)30-12-38-11-16(30)23(36)27-15(9-10-17(25)32)22(35)29-20(14(4)31)24(37)28-19(13(2)3)21(26)34/h13-16,19-20,31H,5-12H2,1-4H3,(H2,25,32)(H2,26,34)(H,27,36)(H,28,37)(H,29,35). The fourth-order valence-electron chi connectivity index (χ4n) is 3.87. The number of rotatable bonds is 16. The number of nitrogens with one attached hydrogen (secondary N) is 3. The van der Waals surface area contributed by atoms with Crippen LogP contribution in [-0.4, -0.2) is 87.4 Å². The van der Waals surface area contributed by atoms with Gasteiger partial charge >= 0.3 is 0 Å². The van der Waals surface area contributed by atoms with Crippen LogP contribution < -0.4 is 27.4 Å². The second-order valence-electron chi connectivity index (χ2n) is 9.76. The van der Waals surface area contributed by atoms with Crippen LogP contribution in [0.1, 0.15) is 66.2 Å². The molecular weight excluding hydrogens is 516 g/mol. The van der Waals surface area contributed by atoms with Crippen molar-refractivity contribution in [2.75, 3.05) is 11.6 Å². The number of primary amides is 2. The molecule has 1 aliphatic rings. The lowest BCUT2D eigenvalue weighted by Crippen LogP contribution is -2.61. The third kappa shape index (κ3) is 10.5. The summed E-state index contributed by atoms with van der Waals surface area (Å²) in [6, 6.07) is -4.58. The van der Waals surface area contributed by atoms with Gasteiger partial charge in [0.2, 0.25) is 35.4 Å². The second kappa shape index (κ2) is 16.2. The van der Waals surface area contributed by atoms with E-state index in [4.69, 9.17) is 11.5 Å². The molecule has 0 aliphatic carbocycles. The van der Waals surface area contributed by atoms with Crippen LogP contribution in [0.4, 0.5) is 0 Å². The molecule has 0 radical (unpaired) electrons. The summed E-state index contributed by atoms with van der Waals surface area (Å²) < 4.78 is 0. The molecule has 13 nitrogen and oxygen atoms in total. The van der Waals surface area contributed by atoms with E-state index in [0.29, 0.717) is 24.5 Å². The first-order valence-corrected chi connectivity index (χ1v) is 14.0. The van der Waals surface area contributed by atoms with Gasteiger partial charge < -0.3 is 37.4 Å². The van der Waals surface area contributed by atoms with Crippen LogP contribution in [0.3, 0.4) is 0 Å². The van der Waals surface area contributed by atoms with E-state index in [1.165, 1.54) is 23.6 Å². The summed E-state index contributed by atoms with van der Waals surface area (Å²) in [4.78, 5) is 76.2. The van der Waals surface area contributed by atoms with Crippen LogP contribution in [0.25, 0.3) is 0 Å². The third-order valence-corrected chi connectivity index (χ3v) is 7.16. The number of amides is 6. The topological polar surface area (TPSA) is 214 Å².